The molecule has 1 saturated heterocycles. The highest BCUT2D eigenvalue weighted by Gasteiger charge is 2.23. The summed E-state index contributed by atoms with van der Waals surface area (Å²) in [5.41, 5.74) is 0. The van der Waals surface area contributed by atoms with Gasteiger partial charge in [-0.25, -0.2) is 0 Å². The van der Waals surface area contributed by atoms with Crippen molar-refractivity contribution in [3.8, 4) is 0 Å². The average Bonchev–Trinajstić information content (AvgIpc) is 1.85. The summed E-state index contributed by atoms with van der Waals surface area (Å²) in [6.45, 7) is 10.9. The first kappa shape index (κ1) is 9.01. The van der Waals surface area contributed by atoms with Crippen LogP contribution in [0.4, 0.5) is 0 Å². The lowest BCUT2D eigenvalue weighted by Crippen LogP contribution is -2.48. The largest absolute Gasteiger partial charge is 0.373 e. The molecule has 2 atom stereocenters. The highest BCUT2D eigenvalue weighted by Crippen LogP contribution is 2.12. The normalized spacial score (nSPS) is 34.6. The van der Waals surface area contributed by atoms with E-state index in [9.17, 15) is 0 Å². The Morgan fingerprint density at radius 2 is 1.64 bits per heavy atom. The monoisotopic (exact) mass is 157 g/mol. The minimum absolute atomic E-state index is 0.404. The molecule has 0 amide bonds. The van der Waals surface area contributed by atoms with Gasteiger partial charge in [0.25, 0.3) is 0 Å². The Balaban J connectivity index is 2.43. The van der Waals surface area contributed by atoms with E-state index in [1.54, 1.807) is 0 Å². The van der Waals surface area contributed by atoms with Gasteiger partial charge in [0.05, 0.1) is 12.2 Å². The fourth-order valence-corrected chi connectivity index (χ4v) is 1.64. The molecule has 0 saturated carbocycles. The van der Waals surface area contributed by atoms with Gasteiger partial charge in [0.15, 0.2) is 0 Å². The van der Waals surface area contributed by atoms with Crippen molar-refractivity contribution in [1.82, 2.24) is 4.90 Å². The number of hydrogen-bond acceptors (Lipinski definition) is 2. The molecule has 1 heterocycles. The van der Waals surface area contributed by atoms with Crippen LogP contribution >= 0.6 is 0 Å². The molecule has 66 valence electrons. The first-order valence-electron chi connectivity index (χ1n) is 4.49. The Labute approximate surface area is 69.5 Å². The molecule has 0 spiro atoms. The van der Waals surface area contributed by atoms with Crippen LogP contribution in [0.1, 0.15) is 27.7 Å². The second kappa shape index (κ2) is 3.55. The molecular formula is C9H19NO. The summed E-state index contributed by atoms with van der Waals surface area (Å²) in [7, 11) is 0. The van der Waals surface area contributed by atoms with Gasteiger partial charge in [0, 0.05) is 19.1 Å². The van der Waals surface area contributed by atoms with Gasteiger partial charge >= 0.3 is 0 Å². The van der Waals surface area contributed by atoms with Gasteiger partial charge in [-0.15, -0.1) is 0 Å². The molecule has 2 nitrogen and oxygen atoms in total. The molecule has 0 aliphatic carbocycles. The Morgan fingerprint density at radius 1 is 1.18 bits per heavy atom. The van der Waals surface area contributed by atoms with Crippen LogP contribution in [-0.2, 0) is 4.74 Å². The lowest BCUT2D eigenvalue weighted by atomic mass is 10.2. The third kappa shape index (κ3) is 2.46. The zero-order chi connectivity index (χ0) is 8.43. The standard InChI is InChI=1S/C9H19NO/c1-7(2)10-5-8(3)11-9(4)6-10/h7-9H,5-6H2,1-4H3. The number of ether oxygens (including phenoxy) is 1. The lowest BCUT2D eigenvalue weighted by Gasteiger charge is -2.37. The number of hydrogen-bond donors (Lipinski definition) is 0. The highest BCUT2D eigenvalue weighted by molar-refractivity contribution is 4.75. The highest BCUT2D eigenvalue weighted by atomic mass is 16.5. The predicted octanol–water partition coefficient (Wildman–Crippen LogP) is 1.50. The molecule has 1 fully saturated rings. The third-order valence-electron chi connectivity index (χ3n) is 2.18. The molecule has 1 rings (SSSR count). The third-order valence-corrected chi connectivity index (χ3v) is 2.18. The zero-order valence-electron chi connectivity index (χ0n) is 8.00. The van der Waals surface area contributed by atoms with Crippen molar-refractivity contribution in [2.24, 2.45) is 0 Å². The van der Waals surface area contributed by atoms with E-state index < -0.39 is 0 Å². The van der Waals surface area contributed by atoms with Gasteiger partial charge in [0.2, 0.25) is 0 Å². The Bertz CT molecular complexity index is 115. The van der Waals surface area contributed by atoms with Crippen molar-refractivity contribution in [3.05, 3.63) is 0 Å². The Kier molecular flexibility index (Phi) is 2.90. The number of rotatable bonds is 1. The summed E-state index contributed by atoms with van der Waals surface area (Å²) in [5.74, 6) is 0. The average molecular weight is 157 g/mol. The summed E-state index contributed by atoms with van der Waals surface area (Å²) < 4.78 is 5.62. The predicted molar refractivity (Wildman–Crippen MR) is 46.7 cm³/mol. The van der Waals surface area contributed by atoms with Crippen LogP contribution in [0.2, 0.25) is 0 Å². The number of nitrogens with zero attached hydrogens (tertiary/aromatic N) is 1. The first-order chi connectivity index (χ1) is 5.09. The molecule has 0 bridgehead atoms. The Morgan fingerprint density at radius 3 is 2.00 bits per heavy atom. The molecular weight excluding hydrogens is 138 g/mol. The van der Waals surface area contributed by atoms with Crippen LogP contribution < -0.4 is 0 Å². The smallest absolute Gasteiger partial charge is 0.0678 e. The van der Waals surface area contributed by atoms with E-state index in [-0.39, 0.29) is 0 Å². The molecule has 0 N–H and O–H groups in total. The fraction of sp³-hybridized carbons (Fsp3) is 1.00. The van der Waals surface area contributed by atoms with Crippen LogP contribution in [0, 0.1) is 0 Å². The molecule has 2 heteroatoms. The van der Waals surface area contributed by atoms with Crippen LogP contribution in [0.3, 0.4) is 0 Å². The number of morpholine rings is 1. The maximum atomic E-state index is 5.62. The van der Waals surface area contributed by atoms with Crippen LogP contribution in [0.15, 0.2) is 0 Å². The van der Waals surface area contributed by atoms with Crippen molar-refractivity contribution in [2.45, 2.75) is 45.9 Å². The second-order valence-corrected chi connectivity index (χ2v) is 3.80. The molecule has 0 aromatic heterocycles. The van der Waals surface area contributed by atoms with E-state index in [4.69, 9.17) is 4.74 Å². The van der Waals surface area contributed by atoms with Gasteiger partial charge in [-0.1, -0.05) is 0 Å². The topological polar surface area (TPSA) is 12.5 Å². The SMILES string of the molecule is CC1CN(C(C)C)CC(C)O1. The first-order valence-corrected chi connectivity index (χ1v) is 4.49. The summed E-state index contributed by atoms with van der Waals surface area (Å²) in [5, 5.41) is 0. The molecule has 0 radical (unpaired) electrons. The van der Waals surface area contributed by atoms with Gasteiger partial charge in [0.1, 0.15) is 0 Å². The van der Waals surface area contributed by atoms with Gasteiger partial charge in [-0.2, -0.15) is 0 Å². The molecule has 11 heavy (non-hydrogen) atoms. The summed E-state index contributed by atoms with van der Waals surface area (Å²) in [6.07, 6.45) is 0.808. The minimum atomic E-state index is 0.404. The van der Waals surface area contributed by atoms with E-state index in [0.29, 0.717) is 18.2 Å². The van der Waals surface area contributed by atoms with Crippen LogP contribution in [-0.4, -0.2) is 36.2 Å². The van der Waals surface area contributed by atoms with Crippen molar-refractivity contribution in [2.75, 3.05) is 13.1 Å². The van der Waals surface area contributed by atoms with E-state index in [0.717, 1.165) is 13.1 Å². The Hall–Kier alpha value is -0.0800. The van der Waals surface area contributed by atoms with Crippen molar-refractivity contribution in [1.29, 1.82) is 0 Å². The van der Waals surface area contributed by atoms with Crippen molar-refractivity contribution in [3.63, 3.8) is 0 Å². The summed E-state index contributed by atoms with van der Waals surface area (Å²) in [6, 6.07) is 0.656. The molecule has 1 aliphatic rings. The maximum absolute atomic E-state index is 5.62. The van der Waals surface area contributed by atoms with E-state index >= 15 is 0 Å². The van der Waals surface area contributed by atoms with Crippen molar-refractivity contribution >= 4 is 0 Å². The zero-order valence-corrected chi connectivity index (χ0v) is 8.00. The van der Waals surface area contributed by atoms with Gasteiger partial charge in [-0.05, 0) is 27.7 Å². The van der Waals surface area contributed by atoms with Crippen LogP contribution in [0.25, 0.3) is 0 Å². The molecule has 0 aromatic rings. The minimum Gasteiger partial charge on any atom is -0.373 e. The van der Waals surface area contributed by atoms with Gasteiger partial charge < -0.3 is 4.74 Å². The fourth-order valence-electron chi connectivity index (χ4n) is 1.64. The molecule has 1 aliphatic heterocycles. The lowest BCUT2D eigenvalue weighted by molar-refractivity contribution is -0.0764. The molecule has 2 unspecified atom stereocenters. The van der Waals surface area contributed by atoms with E-state index in [2.05, 4.69) is 32.6 Å². The molecule has 0 aromatic carbocycles. The quantitative estimate of drug-likeness (QED) is 0.572. The van der Waals surface area contributed by atoms with E-state index in [1.165, 1.54) is 0 Å². The maximum Gasteiger partial charge on any atom is 0.0678 e. The summed E-state index contributed by atoms with van der Waals surface area (Å²) >= 11 is 0. The van der Waals surface area contributed by atoms with Crippen LogP contribution in [0.5, 0.6) is 0 Å². The van der Waals surface area contributed by atoms with Gasteiger partial charge in [-0.3, -0.25) is 4.90 Å². The van der Waals surface area contributed by atoms with E-state index in [1.807, 2.05) is 0 Å². The van der Waals surface area contributed by atoms with Crippen molar-refractivity contribution < 1.29 is 4.74 Å². The summed E-state index contributed by atoms with van der Waals surface area (Å²) in [4.78, 5) is 2.47. The second-order valence-electron chi connectivity index (χ2n) is 3.80.